The molecule has 1 aliphatic heterocycles. The van der Waals surface area contributed by atoms with Gasteiger partial charge in [-0.1, -0.05) is 46.3 Å². The summed E-state index contributed by atoms with van der Waals surface area (Å²) in [5.41, 5.74) is 1.28. The molecule has 0 radical (unpaired) electrons. The first kappa shape index (κ1) is 15.7. The topological polar surface area (TPSA) is 55.3 Å². The number of benzene rings is 1. The van der Waals surface area contributed by atoms with Crippen molar-refractivity contribution in [2.75, 3.05) is 0 Å². The number of carbonyl (C=O) groups excluding carboxylic acids is 1. The Bertz CT molecular complexity index is 813. The highest BCUT2D eigenvalue weighted by Crippen LogP contribution is 2.35. The van der Waals surface area contributed by atoms with Gasteiger partial charge in [-0.25, -0.2) is 0 Å². The van der Waals surface area contributed by atoms with Gasteiger partial charge in [0, 0.05) is 22.2 Å². The van der Waals surface area contributed by atoms with Crippen LogP contribution in [0.2, 0.25) is 0 Å². The van der Waals surface area contributed by atoms with Gasteiger partial charge >= 0.3 is 0 Å². The Hall–Kier alpha value is -2.14. The molecule has 0 unspecified atom stereocenters. The van der Waals surface area contributed by atoms with Gasteiger partial charge in [0.25, 0.3) is 5.91 Å². The Kier molecular flexibility index (Phi) is 4.48. The van der Waals surface area contributed by atoms with Crippen molar-refractivity contribution < 1.29 is 9.36 Å². The van der Waals surface area contributed by atoms with Crippen molar-refractivity contribution in [2.24, 2.45) is 0 Å². The molecule has 114 valence electrons. The molecule has 4 nitrogen and oxygen atoms in total. The molecule has 6 heteroatoms. The second-order valence-corrected chi connectivity index (χ2v) is 6.46. The molecule has 0 aliphatic carbocycles. The van der Waals surface area contributed by atoms with Gasteiger partial charge < -0.3 is 10.7 Å². The van der Waals surface area contributed by atoms with E-state index in [2.05, 4.69) is 27.1 Å². The summed E-state index contributed by atoms with van der Waals surface area (Å²) in [6.07, 6.45) is 3.64. The van der Waals surface area contributed by atoms with E-state index in [1.54, 1.807) is 4.57 Å². The molecule has 1 aliphatic rings. The number of carbonyl (C=O) groups is 1. The lowest BCUT2D eigenvalue weighted by Gasteiger charge is -2.30. The largest absolute Gasteiger partial charge is 0.763 e. The number of nitrogens with zero attached hydrogens (tertiary/aromatic N) is 2. The van der Waals surface area contributed by atoms with Crippen molar-refractivity contribution in [3.63, 3.8) is 0 Å². The summed E-state index contributed by atoms with van der Waals surface area (Å²) >= 11 is 8.60. The molecule has 0 spiro atoms. The Labute approximate surface area is 147 Å². The average Bonchev–Trinajstić information content (AvgIpc) is 2.56. The van der Waals surface area contributed by atoms with E-state index in [4.69, 9.17) is 12.2 Å². The third-order valence-corrected chi connectivity index (χ3v) is 4.64. The van der Waals surface area contributed by atoms with Gasteiger partial charge in [0.15, 0.2) is 12.4 Å². The zero-order chi connectivity index (χ0) is 16.4. The Morgan fingerprint density at radius 2 is 1.83 bits per heavy atom. The lowest BCUT2D eigenvalue weighted by atomic mass is 9.82. The lowest BCUT2D eigenvalue weighted by molar-refractivity contribution is -0.711. The molecule has 1 N–H and O–H groups in total. The van der Waals surface area contributed by atoms with Crippen LogP contribution < -0.4 is 9.88 Å². The van der Waals surface area contributed by atoms with Crippen LogP contribution in [0.4, 0.5) is 0 Å². The smallest absolute Gasteiger partial charge is 0.295 e. The highest BCUT2D eigenvalue weighted by molar-refractivity contribution is 9.10. The number of nitrogens with one attached hydrogen (secondary N) is 1. The van der Waals surface area contributed by atoms with Gasteiger partial charge in [0.1, 0.15) is 4.99 Å². The van der Waals surface area contributed by atoms with E-state index in [0.29, 0.717) is 5.57 Å². The Balaban J connectivity index is 2.17. The van der Waals surface area contributed by atoms with E-state index >= 15 is 0 Å². The third kappa shape index (κ3) is 3.01. The second-order valence-electron chi connectivity index (χ2n) is 5.14. The van der Waals surface area contributed by atoms with E-state index in [1.165, 1.54) is 0 Å². The Morgan fingerprint density at radius 3 is 2.43 bits per heavy atom. The predicted molar refractivity (Wildman–Crippen MR) is 95.2 cm³/mol. The zero-order valence-corrected chi connectivity index (χ0v) is 14.3. The van der Waals surface area contributed by atoms with Gasteiger partial charge in [-0.2, -0.15) is 4.57 Å². The third-order valence-electron chi connectivity index (χ3n) is 3.79. The molecule has 1 amide bonds. The van der Waals surface area contributed by atoms with Crippen LogP contribution in [0.3, 0.4) is 0 Å². The van der Waals surface area contributed by atoms with Crippen molar-refractivity contribution in [1.82, 2.24) is 5.32 Å². The van der Waals surface area contributed by atoms with Crippen LogP contribution in [0.25, 0.3) is 5.41 Å². The van der Waals surface area contributed by atoms with Crippen LogP contribution in [-0.4, -0.2) is 16.8 Å². The maximum absolute atomic E-state index is 12.6. The fourth-order valence-electron chi connectivity index (χ4n) is 2.75. The summed E-state index contributed by atoms with van der Waals surface area (Å²) in [4.78, 5) is 12.8. The molecule has 3 rings (SSSR count). The number of hydrogen-bond acceptors (Lipinski definition) is 2. The fraction of sp³-hybridized carbons (Fsp3) is 0.118. The summed E-state index contributed by atoms with van der Waals surface area (Å²) in [7, 11) is 0. The molecule has 0 saturated carbocycles. The van der Waals surface area contributed by atoms with Crippen LogP contribution in [0, 0.1) is 0 Å². The standard InChI is InChI=1S/C17H12BrN3OS/c18-12-6-4-11(5-7-12)14-13(10-19)17(23)20-16(22)15(14)21-8-2-1-3-9-21/h1-9,14-15H,(H,20,22,23)/t14-,15+/m1/s1. The van der Waals surface area contributed by atoms with E-state index in [0.717, 1.165) is 10.0 Å². The zero-order valence-electron chi connectivity index (χ0n) is 11.9. The quantitative estimate of drug-likeness (QED) is 0.374. The van der Waals surface area contributed by atoms with Crippen LogP contribution in [-0.2, 0) is 4.79 Å². The molecule has 2 heterocycles. The number of rotatable bonds is 2. The molecule has 1 aromatic heterocycles. The van der Waals surface area contributed by atoms with Crippen LogP contribution >= 0.6 is 28.1 Å². The minimum Gasteiger partial charge on any atom is -0.763 e. The maximum atomic E-state index is 12.6. The molecule has 1 saturated heterocycles. The molecule has 2 atom stereocenters. The van der Waals surface area contributed by atoms with Crippen LogP contribution in [0.1, 0.15) is 17.5 Å². The summed E-state index contributed by atoms with van der Waals surface area (Å²) in [6.45, 7) is 0. The number of pyridine rings is 1. The normalized spacial score (nSPS) is 20.8. The fourth-order valence-corrected chi connectivity index (χ4v) is 3.29. The first-order valence-corrected chi connectivity index (χ1v) is 8.15. The van der Waals surface area contributed by atoms with Crippen molar-refractivity contribution in [2.45, 2.75) is 12.0 Å². The molecule has 23 heavy (non-hydrogen) atoms. The van der Waals surface area contributed by atoms with E-state index < -0.39 is 12.0 Å². The highest BCUT2D eigenvalue weighted by Gasteiger charge is 2.44. The first-order chi connectivity index (χ1) is 11.1. The summed E-state index contributed by atoms with van der Waals surface area (Å²) in [5, 5.41) is 12.2. The monoisotopic (exact) mass is 385 g/mol. The number of halogens is 1. The summed E-state index contributed by atoms with van der Waals surface area (Å²) < 4.78 is 2.74. The van der Waals surface area contributed by atoms with Crippen molar-refractivity contribution in [3.05, 3.63) is 75.9 Å². The van der Waals surface area contributed by atoms with Crippen molar-refractivity contribution >= 4 is 44.9 Å². The van der Waals surface area contributed by atoms with Crippen LogP contribution in [0.5, 0.6) is 0 Å². The first-order valence-electron chi connectivity index (χ1n) is 6.95. The molecule has 1 aromatic carbocycles. The van der Waals surface area contributed by atoms with Gasteiger partial charge in [-0.3, -0.25) is 10.7 Å². The molecule has 0 bridgehead atoms. The van der Waals surface area contributed by atoms with Gasteiger partial charge in [-0.15, -0.1) is 0 Å². The van der Waals surface area contributed by atoms with Gasteiger partial charge in [0.2, 0.25) is 6.04 Å². The number of amides is 1. The van der Waals surface area contributed by atoms with E-state index in [9.17, 15) is 10.2 Å². The summed E-state index contributed by atoms with van der Waals surface area (Å²) in [6, 6.07) is 12.6. The maximum Gasteiger partial charge on any atom is 0.295 e. The van der Waals surface area contributed by atoms with Crippen LogP contribution in [0.15, 0.2) is 64.9 Å². The summed E-state index contributed by atoms with van der Waals surface area (Å²) in [5.74, 6) is 1.55. The molecular weight excluding hydrogens is 374 g/mol. The number of hydrogen-bond donors (Lipinski definition) is 1. The molecule has 2 aromatic rings. The minimum atomic E-state index is -0.557. The second kappa shape index (κ2) is 6.54. The average molecular weight is 386 g/mol. The number of thiocarbonyl (C=S) groups is 1. The molecule has 1 fully saturated rings. The molecular formula is C17H12BrN3OS. The van der Waals surface area contributed by atoms with Gasteiger partial charge in [0.05, 0.1) is 5.92 Å². The number of piperidine rings is 1. The highest BCUT2D eigenvalue weighted by atomic mass is 79.9. The predicted octanol–water partition coefficient (Wildman–Crippen LogP) is 2.68. The SMILES string of the molecule is [N-]=C=C1C(=S)NC(=O)[C@@H]([n+]2ccccc2)[C@@H]1c1ccc(Br)cc1. The number of aromatic nitrogens is 1. The van der Waals surface area contributed by atoms with Crippen molar-refractivity contribution in [3.8, 4) is 0 Å². The minimum absolute atomic E-state index is 0.207. The van der Waals surface area contributed by atoms with Crippen molar-refractivity contribution in [1.29, 1.82) is 0 Å². The Morgan fingerprint density at radius 1 is 1.17 bits per heavy atom. The lowest BCUT2D eigenvalue weighted by Crippen LogP contribution is -2.56. The van der Waals surface area contributed by atoms with E-state index in [-0.39, 0.29) is 10.9 Å². The van der Waals surface area contributed by atoms with Gasteiger partial charge in [-0.05, 0) is 17.7 Å². The van der Waals surface area contributed by atoms with E-state index in [1.807, 2.05) is 54.9 Å².